The van der Waals surface area contributed by atoms with Crippen molar-refractivity contribution in [1.82, 2.24) is 15.2 Å². The lowest BCUT2D eigenvalue weighted by Gasteiger charge is -2.12. The van der Waals surface area contributed by atoms with E-state index in [4.69, 9.17) is 0 Å². The molecule has 7 heteroatoms. The fourth-order valence-electron chi connectivity index (χ4n) is 2.50. The Morgan fingerprint density at radius 2 is 1.92 bits per heavy atom. The summed E-state index contributed by atoms with van der Waals surface area (Å²) in [5.74, 6) is 0.519. The summed E-state index contributed by atoms with van der Waals surface area (Å²) in [6.07, 6.45) is 4.39. The van der Waals surface area contributed by atoms with Gasteiger partial charge in [-0.3, -0.25) is 9.79 Å². The van der Waals surface area contributed by atoms with Gasteiger partial charge in [0.1, 0.15) is 5.82 Å². The molecule has 2 N–H and O–H groups in total. The van der Waals surface area contributed by atoms with Crippen LogP contribution in [0, 0.1) is 5.82 Å². The normalized spacial score (nSPS) is 10.9. The van der Waals surface area contributed by atoms with E-state index in [2.05, 4.69) is 15.6 Å². The highest BCUT2D eigenvalue weighted by atomic mass is 127. The average molecular weight is 472 g/mol. The maximum absolute atomic E-state index is 13.1. The molecule has 5 nitrogen and oxygen atoms in total. The molecule has 0 saturated heterocycles. The Morgan fingerprint density at radius 1 is 1.12 bits per heavy atom. The van der Waals surface area contributed by atoms with Crippen molar-refractivity contribution in [3.05, 3.63) is 70.4 Å². The minimum absolute atomic E-state index is 0. The molecule has 0 radical (unpaired) electrons. The van der Waals surface area contributed by atoms with Gasteiger partial charge in [-0.25, -0.2) is 4.39 Å². The molecule has 142 valence electrons. The second-order valence-corrected chi connectivity index (χ2v) is 5.75. The average Bonchev–Trinajstić information content (AvgIpc) is 2.61. The van der Waals surface area contributed by atoms with Crippen LogP contribution in [-0.4, -0.2) is 30.7 Å². The minimum atomic E-state index is -0.211. The summed E-state index contributed by atoms with van der Waals surface area (Å²) in [6.45, 7) is 2.18. The van der Waals surface area contributed by atoms with Gasteiger partial charge in [0.05, 0.1) is 0 Å². The van der Waals surface area contributed by atoms with E-state index in [1.807, 2.05) is 18.3 Å². The van der Waals surface area contributed by atoms with Gasteiger partial charge in [-0.05, 0) is 43.0 Å². The Kier molecular flexibility index (Phi) is 10.6. The smallest absolute Gasteiger partial charge is 0.250 e. The highest BCUT2D eigenvalue weighted by Crippen LogP contribution is 2.03. The van der Waals surface area contributed by atoms with Crippen LogP contribution in [0.2, 0.25) is 0 Å². The first-order valence-corrected chi connectivity index (χ1v) is 8.53. The molecule has 1 aromatic carbocycles. The molecule has 2 aromatic rings. The first-order chi connectivity index (χ1) is 12.2. The number of aromatic nitrogens is 1. The summed E-state index contributed by atoms with van der Waals surface area (Å²) < 4.78 is 14.8. The quantitative estimate of drug-likeness (QED) is 0.269. The van der Waals surface area contributed by atoms with Crippen LogP contribution in [0.1, 0.15) is 18.4 Å². The largest absolute Gasteiger partial charge is 0.356 e. The van der Waals surface area contributed by atoms with Gasteiger partial charge in [0.2, 0.25) is 5.56 Å². The van der Waals surface area contributed by atoms with E-state index < -0.39 is 0 Å². The summed E-state index contributed by atoms with van der Waals surface area (Å²) in [4.78, 5) is 15.8. The second kappa shape index (κ2) is 12.5. The van der Waals surface area contributed by atoms with Gasteiger partial charge in [-0.2, -0.15) is 0 Å². The van der Waals surface area contributed by atoms with Crippen molar-refractivity contribution in [2.45, 2.75) is 25.8 Å². The Bertz CT molecular complexity index is 748. The number of halogens is 2. The second-order valence-electron chi connectivity index (χ2n) is 5.75. The number of guanidine groups is 1. The topological polar surface area (TPSA) is 58.4 Å². The molecular weight excluding hydrogens is 446 g/mol. The third kappa shape index (κ3) is 7.99. The van der Waals surface area contributed by atoms with Crippen LogP contribution in [0.25, 0.3) is 0 Å². The van der Waals surface area contributed by atoms with Gasteiger partial charge in [0, 0.05) is 38.9 Å². The van der Waals surface area contributed by atoms with Crippen molar-refractivity contribution >= 4 is 29.9 Å². The molecule has 0 bridgehead atoms. The molecule has 26 heavy (non-hydrogen) atoms. The highest BCUT2D eigenvalue weighted by molar-refractivity contribution is 14.0. The van der Waals surface area contributed by atoms with Crippen LogP contribution in [0.15, 0.2) is 58.4 Å². The third-order valence-corrected chi connectivity index (χ3v) is 3.84. The number of hydrogen-bond acceptors (Lipinski definition) is 2. The van der Waals surface area contributed by atoms with Gasteiger partial charge in [-0.1, -0.05) is 18.2 Å². The highest BCUT2D eigenvalue weighted by Gasteiger charge is 1.99. The third-order valence-electron chi connectivity index (χ3n) is 3.84. The molecule has 1 heterocycles. The van der Waals surface area contributed by atoms with E-state index in [-0.39, 0.29) is 35.4 Å². The molecular formula is C19H26FIN4O. The van der Waals surface area contributed by atoms with Crippen molar-refractivity contribution in [1.29, 1.82) is 0 Å². The fourth-order valence-corrected chi connectivity index (χ4v) is 2.50. The zero-order valence-corrected chi connectivity index (χ0v) is 17.3. The molecule has 0 aliphatic carbocycles. The maximum atomic E-state index is 13.1. The molecule has 0 unspecified atom stereocenters. The summed E-state index contributed by atoms with van der Waals surface area (Å²) in [5.41, 5.74) is 0.988. The van der Waals surface area contributed by atoms with Crippen LogP contribution < -0.4 is 16.2 Å². The predicted molar refractivity (Wildman–Crippen MR) is 115 cm³/mol. The first-order valence-electron chi connectivity index (χ1n) is 8.53. The number of rotatable bonds is 8. The van der Waals surface area contributed by atoms with Gasteiger partial charge in [0.15, 0.2) is 5.96 Å². The Hall–Kier alpha value is -1.90. The van der Waals surface area contributed by atoms with Gasteiger partial charge in [-0.15, -0.1) is 24.0 Å². The van der Waals surface area contributed by atoms with E-state index in [1.165, 1.54) is 6.07 Å². The van der Waals surface area contributed by atoms with Crippen LogP contribution in [0.3, 0.4) is 0 Å². The van der Waals surface area contributed by atoms with Crippen molar-refractivity contribution in [2.24, 2.45) is 4.99 Å². The molecule has 1 aromatic heterocycles. The molecule has 0 spiro atoms. The van der Waals surface area contributed by atoms with Crippen molar-refractivity contribution in [3.63, 3.8) is 0 Å². The number of benzene rings is 1. The standard InChI is InChI=1S/C19H25FN4O.HI/c1-21-19(23-12-10-16-7-6-8-17(20)15-16)22-11-3-5-14-24-13-4-2-9-18(24)25;/h2,4,6-9,13,15H,3,5,10-12,14H2,1H3,(H2,21,22,23);1H. The van der Waals surface area contributed by atoms with Crippen LogP contribution in [0.5, 0.6) is 0 Å². The predicted octanol–water partition coefficient (Wildman–Crippen LogP) is 2.79. The number of nitrogens with zero attached hydrogens (tertiary/aromatic N) is 2. The Morgan fingerprint density at radius 3 is 2.65 bits per heavy atom. The Labute approximate surface area is 170 Å². The number of unbranched alkanes of at least 4 members (excludes halogenated alkanes) is 1. The zero-order valence-electron chi connectivity index (χ0n) is 15.0. The molecule has 0 aliphatic rings. The lowest BCUT2D eigenvalue weighted by atomic mass is 10.1. The molecule has 0 fully saturated rings. The summed E-state index contributed by atoms with van der Waals surface area (Å²) >= 11 is 0. The van der Waals surface area contributed by atoms with E-state index >= 15 is 0 Å². The summed E-state index contributed by atoms with van der Waals surface area (Å²) in [6, 6.07) is 11.8. The minimum Gasteiger partial charge on any atom is -0.356 e. The molecule has 0 saturated carbocycles. The van der Waals surface area contributed by atoms with E-state index in [0.29, 0.717) is 13.1 Å². The zero-order chi connectivity index (χ0) is 17.9. The number of aliphatic imine (C=N–C) groups is 1. The van der Waals surface area contributed by atoms with Crippen LogP contribution in [-0.2, 0) is 13.0 Å². The van der Waals surface area contributed by atoms with Gasteiger partial charge in [0.25, 0.3) is 0 Å². The number of hydrogen-bond donors (Lipinski definition) is 2. The monoisotopic (exact) mass is 472 g/mol. The number of nitrogens with one attached hydrogen (secondary N) is 2. The SMILES string of the molecule is CN=C(NCCCCn1ccccc1=O)NCCc1cccc(F)c1.I. The van der Waals surface area contributed by atoms with E-state index in [0.717, 1.165) is 37.3 Å². The number of pyridine rings is 1. The fraction of sp³-hybridized carbons (Fsp3) is 0.368. The molecule has 0 atom stereocenters. The molecule has 0 aliphatic heterocycles. The molecule has 2 rings (SSSR count). The van der Waals surface area contributed by atoms with Crippen molar-refractivity contribution in [3.8, 4) is 0 Å². The summed E-state index contributed by atoms with van der Waals surface area (Å²) in [7, 11) is 1.72. The van der Waals surface area contributed by atoms with E-state index in [9.17, 15) is 9.18 Å². The lowest BCUT2D eigenvalue weighted by Crippen LogP contribution is -2.38. The van der Waals surface area contributed by atoms with Crippen LogP contribution >= 0.6 is 24.0 Å². The van der Waals surface area contributed by atoms with Crippen molar-refractivity contribution < 1.29 is 4.39 Å². The van der Waals surface area contributed by atoms with Crippen molar-refractivity contribution in [2.75, 3.05) is 20.1 Å². The Balaban J connectivity index is 0.00000338. The first kappa shape index (κ1) is 22.1. The number of aryl methyl sites for hydroxylation is 1. The molecule has 0 amide bonds. The maximum Gasteiger partial charge on any atom is 0.250 e. The summed E-state index contributed by atoms with van der Waals surface area (Å²) in [5, 5.41) is 6.46. The van der Waals surface area contributed by atoms with Gasteiger partial charge < -0.3 is 15.2 Å². The lowest BCUT2D eigenvalue weighted by molar-refractivity contribution is 0.585. The van der Waals surface area contributed by atoms with Crippen LogP contribution in [0.4, 0.5) is 4.39 Å². The van der Waals surface area contributed by atoms with Gasteiger partial charge >= 0.3 is 0 Å². The van der Waals surface area contributed by atoms with E-state index in [1.54, 1.807) is 35.9 Å².